The highest BCUT2D eigenvalue weighted by molar-refractivity contribution is 5.77. The lowest BCUT2D eigenvalue weighted by atomic mass is 10.3. The predicted octanol–water partition coefficient (Wildman–Crippen LogP) is 0.525. The normalized spacial score (nSPS) is 10.8. The van der Waals surface area contributed by atoms with Crippen LogP contribution in [0.5, 0.6) is 0 Å². The Kier molecular flexibility index (Phi) is 7.54. The molecule has 0 bridgehead atoms. The summed E-state index contributed by atoms with van der Waals surface area (Å²) in [6, 6.07) is 0.0891. The lowest BCUT2D eigenvalue weighted by Gasteiger charge is -2.23. The Balaban J connectivity index is 3.98. The molecular weight excluding hydrogens is 208 g/mol. The van der Waals surface area contributed by atoms with Gasteiger partial charge in [0.05, 0.1) is 19.7 Å². The molecule has 0 radical (unpaired) electrons. The first-order chi connectivity index (χ1) is 7.47. The summed E-state index contributed by atoms with van der Waals surface area (Å²) in [6.07, 6.45) is 1.85. The minimum Gasteiger partial charge on any atom is -0.465 e. The van der Waals surface area contributed by atoms with E-state index in [1.807, 2.05) is 20.8 Å². The molecule has 0 aromatic rings. The number of carbonyl (C=O) groups excluding carboxylic acids is 2. The Bertz CT molecular complexity index is 229. The monoisotopic (exact) mass is 230 g/mol. The number of hydrogen-bond acceptors (Lipinski definition) is 4. The summed E-state index contributed by atoms with van der Waals surface area (Å²) in [4.78, 5) is 23.9. The molecule has 0 aromatic carbocycles. The molecule has 0 spiro atoms. The zero-order valence-electron chi connectivity index (χ0n) is 10.4. The molecular formula is C11H22N2O3. The number of hydrogen-bond donors (Lipinski definition) is 1. The fraction of sp³-hybridized carbons (Fsp3) is 0.818. The number of esters is 1. The molecule has 0 aliphatic heterocycles. The molecule has 5 heteroatoms. The van der Waals surface area contributed by atoms with Crippen molar-refractivity contribution in [1.82, 2.24) is 4.90 Å². The molecule has 0 aromatic heterocycles. The molecule has 0 rings (SSSR count). The zero-order chi connectivity index (χ0) is 12.6. The molecule has 16 heavy (non-hydrogen) atoms. The van der Waals surface area contributed by atoms with Crippen molar-refractivity contribution >= 4 is 11.9 Å². The van der Waals surface area contributed by atoms with E-state index in [0.717, 1.165) is 12.8 Å². The second-order valence-corrected chi connectivity index (χ2v) is 4.04. The number of nitrogens with zero attached hydrogens (tertiary/aromatic N) is 1. The van der Waals surface area contributed by atoms with Crippen LogP contribution in [0.4, 0.5) is 0 Å². The van der Waals surface area contributed by atoms with Gasteiger partial charge in [-0.3, -0.25) is 14.5 Å². The highest BCUT2D eigenvalue weighted by Crippen LogP contribution is 1.98. The molecule has 0 aliphatic carbocycles. The van der Waals surface area contributed by atoms with E-state index in [9.17, 15) is 9.59 Å². The summed E-state index contributed by atoms with van der Waals surface area (Å²) < 4.78 is 5.01. The lowest BCUT2D eigenvalue weighted by molar-refractivity contribution is -0.145. The largest absolute Gasteiger partial charge is 0.465 e. The third kappa shape index (κ3) is 7.23. The average molecular weight is 230 g/mol. The van der Waals surface area contributed by atoms with E-state index in [1.165, 1.54) is 0 Å². The first-order valence-electron chi connectivity index (χ1n) is 5.65. The average Bonchev–Trinajstić information content (AvgIpc) is 2.16. The van der Waals surface area contributed by atoms with Gasteiger partial charge in [-0.1, -0.05) is 13.3 Å². The van der Waals surface area contributed by atoms with Crippen LogP contribution in [-0.4, -0.2) is 42.5 Å². The van der Waals surface area contributed by atoms with Gasteiger partial charge in [0.1, 0.15) is 0 Å². The van der Waals surface area contributed by atoms with Gasteiger partial charge in [-0.2, -0.15) is 0 Å². The highest BCUT2D eigenvalue weighted by Gasteiger charge is 2.16. The fourth-order valence-corrected chi connectivity index (χ4v) is 1.16. The van der Waals surface area contributed by atoms with Gasteiger partial charge in [-0.05, 0) is 20.3 Å². The SMILES string of the molecule is CCCCOC(=O)CN(CC(N)=O)C(C)C. The summed E-state index contributed by atoms with van der Waals surface area (Å²) in [5, 5.41) is 0. The Morgan fingerprint density at radius 2 is 1.94 bits per heavy atom. The van der Waals surface area contributed by atoms with Crippen LogP contribution in [0.1, 0.15) is 33.6 Å². The number of amides is 1. The van der Waals surface area contributed by atoms with Gasteiger partial charge in [0.2, 0.25) is 5.91 Å². The maximum absolute atomic E-state index is 11.4. The van der Waals surface area contributed by atoms with Gasteiger partial charge in [-0.15, -0.1) is 0 Å². The number of rotatable bonds is 8. The van der Waals surface area contributed by atoms with E-state index in [-0.39, 0.29) is 25.1 Å². The summed E-state index contributed by atoms with van der Waals surface area (Å²) >= 11 is 0. The predicted molar refractivity (Wildman–Crippen MR) is 61.8 cm³/mol. The molecule has 0 saturated heterocycles. The van der Waals surface area contributed by atoms with Crippen LogP contribution in [0.15, 0.2) is 0 Å². The van der Waals surface area contributed by atoms with E-state index in [0.29, 0.717) is 6.61 Å². The van der Waals surface area contributed by atoms with Gasteiger partial charge in [-0.25, -0.2) is 0 Å². The van der Waals surface area contributed by atoms with Crippen LogP contribution in [0.25, 0.3) is 0 Å². The first-order valence-corrected chi connectivity index (χ1v) is 5.65. The van der Waals surface area contributed by atoms with Crippen LogP contribution in [0.2, 0.25) is 0 Å². The first kappa shape index (κ1) is 14.9. The number of unbranched alkanes of at least 4 members (excludes halogenated alkanes) is 1. The molecule has 1 amide bonds. The fourth-order valence-electron chi connectivity index (χ4n) is 1.16. The topological polar surface area (TPSA) is 72.6 Å². The minimum atomic E-state index is -0.435. The van der Waals surface area contributed by atoms with Crippen molar-refractivity contribution in [2.75, 3.05) is 19.7 Å². The van der Waals surface area contributed by atoms with E-state index in [4.69, 9.17) is 10.5 Å². The maximum Gasteiger partial charge on any atom is 0.320 e. The van der Waals surface area contributed by atoms with E-state index < -0.39 is 5.91 Å². The summed E-state index contributed by atoms with van der Waals surface area (Å²) in [7, 11) is 0. The van der Waals surface area contributed by atoms with Crippen LogP contribution < -0.4 is 5.73 Å². The third-order valence-corrected chi connectivity index (χ3v) is 2.18. The van der Waals surface area contributed by atoms with Crippen molar-refractivity contribution in [3.8, 4) is 0 Å². The number of primary amides is 1. The second kappa shape index (κ2) is 8.10. The van der Waals surface area contributed by atoms with Crippen molar-refractivity contribution in [2.24, 2.45) is 5.73 Å². The standard InChI is InChI=1S/C11H22N2O3/c1-4-5-6-16-11(15)8-13(9(2)3)7-10(12)14/h9H,4-8H2,1-3H3,(H2,12,14). The molecule has 2 N–H and O–H groups in total. The van der Waals surface area contributed by atoms with Crippen molar-refractivity contribution < 1.29 is 14.3 Å². The van der Waals surface area contributed by atoms with Gasteiger partial charge in [0.25, 0.3) is 0 Å². The van der Waals surface area contributed by atoms with E-state index in [2.05, 4.69) is 0 Å². The van der Waals surface area contributed by atoms with Crippen LogP contribution >= 0.6 is 0 Å². The number of nitrogens with two attached hydrogens (primary N) is 1. The Morgan fingerprint density at radius 3 is 2.38 bits per heavy atom. The van der Waals surface area contributed by atoms with Crippen LogP contribution in [-0.2, 0) is 14.3 Å². The van der Waals surface area contributed by atoms with E-state index >= 15 is 0 Å². The van der Waals surface area contributed by atoms with Crippen molar-refractivity contribution in [1.29, 1.82) is 0 Å². The van der Waals surface area contributed by atoms with Crippen molar-refractivity contribution in [2.45, 2.75) is 39.7 Å². The molecule has 0 fully saturated rings. The molecule has 0 heterocycles. The molecule has 0 unspecified atom stereocenters. The van der Waals surface area contributed by atoms with E-state index in [1.54, 1.807) is 4.90 Å². The summed E-state index contributed by atoms with van der Waals surface area (Å²) in [5.41, 5.74) is 5.10. The van der Waals surface area contributed by atoms with Crippen molar-refractivity contribution in [3.05, 3.63) is 0 Å². The third-order valence-electron chi connectivity index (χ3n) is 2.18. The molecule has 5 nitrogen and oxygen atoms in total. The molecule has 0 atom stereocenters. The smallest absolute Gasteiger partial charge is 0.320 e. The Labute approximate surface area is 96.9 Å². The van der Waals surface area contributed by atoms with Gasteiger partial charge >= 0.3 is 5.97 Å². The molecule has 0 aliphatic rings. The highest BCUT2D eigenvalue weighted by atomic mass is 16.5. The van der Waals surface area contributed by atoms with Crippen molar-refractivity contribution in [3.63, 3.8) is 0 Å². The number of ether oxygens (including phenoxy) is 1. The summed E-state index contributed by atoms with van der Waals surface area (Å²) in [5.74, 6) is -0.738. The Hall–Kier alpha value is -1.10. The van der Waals surface area contributed by atoms with Crippen LogP contribution in [0, 0.1) is 0 Å². The van der Waals surface area contributed by atoms with Gasteiger partial charge in [0.15, 0.2) is 0 Å². The zero-order valence-corrected chi connectivity index (χ0v) is 10.4. The second-order valence-electron chi connectivity index (χ2n) is 4.04. The van der Waals surface area contributed by atoms with Gasteiger partial charge < -0.3 is 10.5 Å². The lowest BCUT2D eigenvalue weighted by Crippen LogP contribution is -2.42. The maximum atomic E-state index is 11.4. The summed E-state index contributed by atoms with van der Waals surface area (Å²) in [6.45, 7) is 6.48. The Morgan fingerprint density at radius 1 is 1.31 bits per heavy atom. The number of carbonyl (C=O) groups is 2. The van der Waals surface area contributed by atoms with Crippen LogP contribution in [0.3, 0.4) is 0 Å². The quantitative estimate of drug-likeness (QED) is 0.487. The van der Waals surface area contributed by atoms with Gasteiger partial charge in [0, 0.05) is 6.04 Å². The molecule has 94 valence electrons. The minimum absolute atomic E-state index is 0.0839. The molecule has 0 saturated carbocycles.